The van der Waals surface area contributed by atoms with E-state index in [0.29, 0.717) is 29.5 Å². The average Bonchev–Trinajstić information content (AvgIpc) is 2.76. The Kier molecular flexibility index (Phi) is 6.05. The first-order valence-electron chi connectivity index (χ1n) is 9.76. The van der Waals surface area contributed by atoms with Crippen LogP contribution < -0.4 is 15.0 Å². The summed E-state index contributed by atoms with van der Waals surface area (Å²) >= 11 is 1.53. The third-order valence-corrected chi connectivity index (χ3v) is 5.83. The Labute approximate surface area is 180 Å². The molecule has 0 unspecified atom stereocenters. The summed E-state index contributed by atoms with van der Waals surface area (Å²) in [5.74, 6) is 1.53. The van der Waals surface area contributed by atoms with Crippen LogP contribution in [0.3, 0.4) is 0 Å². The van der Waals surface area contributed by atoms with Crippen LogP contribution in [0.15, 0.2) is 77.7 Å². The van der Waals surface area contributed by atoms with Crippen LogP contribution in [0.1, 0.15) is 12.0 Å². The van der Waals surface area contributed by atoms with Crippen LogP contribution in [0, 0.1) is 6.92 Å². The predicted octanol–water partition coefficient (Wildman–Crippen LogP) is 5.25. The van der Waals surface area contributed by atoms with Gasteiger partial charge in [-0.3, -0.25) is 9.59 Å². The van der Waals surface area contributed by atoms with Crippen molar-refractivity contribution in [2.75, 3.05) is 22.5 Å². The molecular formula is C24H22N2O3S. The van der Waals surface area contributed by atoms with Gasteiger partial charge < -0.3 is 15.0 Å². The number of rotatable bonds is 6. The van der Waals surface area contributed by atoms with Crippen molar-refractivity contribution >= 4 is 35.0 Å². The summed E-state index contributed by atoms with van der Waals surface area (Å²) in [6.45, 7) is 2.35. The highest BCUT2D eigenvalue weighted by Crippen LogP contribution is 2.35. The van der Waals surface area contributed by atoms with E-state index in [9.17, 15) is 9.59 Å². The van der Waals surface area contributed by atoms with Crippen LogP contribution in [-0.2, 0) is 9.59 Å². The van der Waals surface area contributed by atoms with Gasteiger partial charge in [0.1, 0.15) is 5.75 Å². The number of benzene rings is 3. The zero-order chi connectivity index (χ0) is 20.9. The first-order chi connectivity index (χ1) is 14.6. The van der Waals surface area contributed by atoms with Crippen LogP contribution in [0.25, 0.3) is 0 Å². The number of thioether (sulfide) groups is 1. The van der Waals surface area contributed by atoms with E-state index in [1.807, 2.05) is 73.7 Å². The van der Waals surface area contributed by atoms with Gasteiger partial charge in [-0.1, -0.05) is 42.0 Å². The van der Waals surface area contributed by atoms with Crippen molar-refractivity contribution in [2.45, 2.75) is 18.2 Å². The van der Waals surface area contributed by atoms with Gasteiger partial charge in [0.25, 0.3) is 0 Å². The molecule has 0 aromatic heterocycles. The van der Waals surface area contributed by atoms with Gasteiger partial charge in [-0.25, -0.2) is 0 Å². The van der Waals surface area contributed by atoms with Gasteiger partial charge in [0.15, 0.2) is 5.75 Å². The smallest absolute Gasteiger partial charge is 0.237 e. The molecule has 30 heavy (non-hydrogen) atoms. The van der Waals surface area contributed by atoms with E-state index in [1.54, 1.807) is 11.0 Å². The van der Waals surface area contributed by atoms with E-state index in [4.69, 9.17) is 4.74 Å². The number of carbonyl (C=O) groups is 2. The number of aryl methyl sites for hydroxylation is 1. The van der Waals surface area contributed by atoms with Crippen molar-refractivity contribution < 1.29 is 14.3 Å². The fourth-order valence-corrected chi connectivity index (χ4v) is 4.15. The molecule has 0 saturated heterocycles. The maximum absolute atomic E-state index is 12.6. The van der Waals surface area contributed by atoms with Crippen LogP contribution >= 0.6 is 11.8 Å². The average molecular weight is 419 g/mol. The van der Waals surface area contributed by atoms with E-state index < -0.39 is 0 Å². The summed E-state index contributed by atoms with van der Waals surface area (Å²) < 4.78 is 5.94. The van der Waals surface area contributed by atoms with E-state index >= 15 is 0 Å². The van der Waals surface area contributed by atoms with Crippen LogP contribution in [0.5, 0.6) is 11.5 Å². The highest BCUT2D eigenvalue weighted by molar-refractivity contribution is 8.00. The molecule has 1 aliphatic heterocycles. The number of fused-ring (bicyclic) bond motifs is 1. The second-order valence-electron chi connectivity index (χ2n) is 7.01. The predicted molar refractivity (Wildman–Crippen MR) is 120 cm³/mol. The number of carbonyl (C=O) groups excluding carboxylic acids is 2. The molecule has 152 valence electrons. The molecule has 5 nitrogen and oxygen atoms in total. The lowest BCUT2D eigenvalue weighted by atomic mass is 10.2. The Balaban J connectivity index is 1.41. The number of para-hydroxylation sites is 3. The number of nitrogens with zero attached hydrogens (tertiary/aromatic N) is 1. The summed E-state index contributed by atoms with van der Waals surface area (Å²) in [7, 11) is 0. The summed E-state index contributed by atoms with van der Waals surface area (Å²) in [4.78, 5) is 27.7. The first kappa shape index (κ1) is 20.0. The molecule has 3 aromatic rings. The van der Waals surface area contributed by atoms with Gasteiger partial charge in [-0.05, 0) is 43.3 Å². The molecule has 0 radical (unpaired) electrons. The SMILES string of the molecule is Cc1ccc(Oc2ccccc2NC(=O)CCN2C(=O)CSc3ccccc32)cc1. The minimum absolute atomic E-state index is 0.0228. The third-order valence-electron chi connectivity index (χ3n) is 4.78. The van der Waals surface area contributed by atoms with Gasteiger partial charge >= 0.3 is 0 Å². The second kappa shape index (κ2) is 9.05. The van der Waals surface area contributed by atoms with Gasteiger partial charge in [-0.15, -0.1) is 11.8 Å². The molecule has 1 aliphatic rings. The molecular weight excluding hydrogens is 396 g/mol. The fraction of sp³-hybridized carbons (Fsp3) is 0.167. The van der Waals surface area contributed by atoms with Crippen molar-refractivity contribution in [1.82, 2.24) is 0 Å². The van der Waals surface area contributed by atoms with Gasteiger partial charge in [0.05, 0.1) is 17.1 Å². The Bertz CT molecular complexity index is 1070. The topological polar surface area (TPSA) is 58.6 Å². The minimum atomic E-state index is -0.168. The number of hydrogen-bond donors (Lipinski definition) is 1. The largest absolute Gasteiger partial charge is 0.455 e. The molecule has 2 amide bonds. The van der Waals surface area contributed by atoms with Crippen molar-refractivity contribution in [3.05, 3.63) is 78.4 Å². The Morgan fingerprint density at radius 1 is 1.03 bits per heavy atom. The Morgan fingerprint density at radius 2 is 1.77 bits per heavy atom. The van der Waals surface area contributed by atoms with Crippen LogP contribution in [0.2, 0.25) is 0 Å². The minimum Gasteiger partial charge on any atom is -0.455 e. The summed E-state index contributed by atoms with van der Waals surface area (Å²) in [6, 6.07) is 22.8. The van der Waals surface area contributed by atoms with Crippen LogP contribution in [-0.4, -0.2) is 24.1 Å². The van der Waals surface area contributed by atoms with Crippen molar-refractivity contribution in [2.24, 2.45) is 0 Å². The van der Waals surface area contributed by atoms with E-state index in [2.05, 4.69) is 5.32 Å². The van der Waals surface area contributed by atoms with Crippen molar-refractivity contribution in [3.8, 4) is 11.5 Å². The molecule has 3 aromatic carbocycles. The third kappa shape index (κ3) is 4.66. The highest BCUT2D eigenvalue weighted by Gasteiger charge is 2.24. The second-order valence-corrected chi connectivity index (χ2v) is 8.03. The zero-order valence-corrected chi connectivity index (χ0v) is 17.4. The fourth-order valence-electron chi connectivity index (χ4n) is 3.22. The number of amides is 2. The van der Waals surface area contributed by atoms with Gasteiger partial charge in [0.2, 0.25) is 11.8 Å². The molecule has 4 rings (SSSR count). The maximum Gasteiger partial charge on any atom is 0.237 e. The molecule has 0 saturated carbocycles. The Morgan fingerprint density at radius 3 is 2.60 bits per heavy atom. The van der Waals surface area contributed by atoms with Crippen molar-refractivity contribution in [3.63, 3.8) is 0 Å². The molecule has 0 fully saturated rings. The lowest BCUT2D eigenvalue weighted by Crippen LogP contribution is -2.37. The number of ether oxygens (including phenoxy) is 1. The monoisotopic (exact) mass is 418 g/mol. The van der Waals surface area contributed by atoms with E-state index in [0.717, 1.165) is 16.1 Å². The molecule has 0 bridgehead atoms. The molecule has 6 heteroatoms. The molecule has 0 aliphatic carbocycles. The lowest BCUT2D eigenvalue weighted by Gasteiger charge is -2.28. The van der Waals surface area contributed by atoms with Gasteiger partial charge in [0, 0.05) is 17.9 Å². The zero-order valence-electron chi connectivity index (χ0n) is 16.6. The standard InChI is InChI=1S/C24H22N2O3S/c1-17-10-12-18(13-11-17)29-21-8-4-2-6-19(21)25-23(27)14-15-26-20-7-3-5-9-22(20)30-16-24(26)28/h2-13H,14-16H2,1H3,(H,25,27). The lowest BCUT2D eigenvalue weighted by molar-refractivity contribution is -0.117. The first-order valence-corrected chi connectivity index (χ1v) is 10.7. The normalized spacial score (nSPS) is 13.0. The Hall–Kier alpha value is -3.25. The molecule has 1 N–H and O–H groups in total. The van der Waals surface area contributed by atoms with Gasteiger partial charge in [-0.2, -0.15) is 0 Å². The number of nitrogens with one attached hydrogen (secondary N) is 1. The quantitative estimate of drug-likeness (QED) is 0.594. The van der Waals surface area contributed by atoms with E-state index in [1.165, 1.54) is 11.8 Å². The molecule has 1 heterocycles. The van der Waals surface area contributed by atoms with E-state index in [-0.39, 0.29) is 18.2 Å². The summed E-state index contributed by atoms with van der Waals surface area (Å²) in [5.41, 5.74) is 2.62. The summed E-state index contributed by atoms with van der Waals surface area (Å²) in [5, 5.41) is 2.91. The maximum atomic E-state index is 12.6. The molecule has 0 atom stereocenters. The highest BCUT2D eigenvalue weighted by atomic mass is 32.2. The number of anilines is 2. The van der Waals surface area contributed by atoms with Crippen LogP contribution in [0.4, 0.5) is 11.4 Å². The number of hydrogen-bond acceptors (Lipinski definition) is 4. The summed E-state index contributed by atoms with van der Waals surface area (Å²) in [6.07, 6.45) is 0.198. The molecule has 0 spiro atoms. The van der Waals surface area contributed by atoms with Crippen molar-refractivity contribution in [1.29, 1.82) is 0 Å².